The third-order valence-electron chi connectivity index (χ3n) is 6.64. The number of phenols is 1. The van der Waals surface area contributed by atoms with E-state index in [0.717, 1.165) is 12.1 Å². The Morgan fingerprint density at radius 3 is 2.59 bits per heavy atom. The van der Waals surface area contributed by atoms with Crippen molar-refractivity contribution in [3.63, 3.8) is 0 Å². The normalized spacial score (nSPS) is 29.5. The van der Waals surface area contributed by atoms with Crippen LogP contribution in [0.15, 0.2) is 34.8 Å². The first-order chi connectivity index (χ1) is 15.0. The summed E-state index contributed by atoms with van der Waals surface area (Å²) in [5.74, 6) is -8.29. The highest BCUT2D eigenvalue weighted by atomic mass is 19.1. The second-order valence-electron chi connectivity index (χ2n) is 8.41. The molecule has 7 N–H and O–H groups in total. The molecule has 1 amide bonds. The first-order valence-electron chi connectivity index (χ1n) is 10.3. The van der Waals surface area contributed by atoms with Gasteiger partial charge in [-0.25, -0.2) is 4.39 Å². The number of aliphatic hydroxyl groups excluding tert-OH is 2. The average molecular weight is 446 g/mol. The highest BCUT2D eigenvalue weighted by molar-refractivity contribution is 6.24. The summed E-state index contributed by atoms with van der Waals surface area (Å²) in [6, 6.07) is 0.917. The number of hydrogen-bond donors (Lipinski definition) is 6. The van der Waals surface area contributed by atoms with E-state index in [0.29, 0.717) is 13.0 Å². The highest BCUT2D eigenvalue weighted by Crippen LogP contribution is 2.51. The van der Waals surface area contributed by atoms with Crippen LogP contribution in [0.2, 0.25) is 0 Å². The van der Waals surface area contributed by atoms with Gasteiger partial charge in [0.2, 0.25) is 5.78 Å². The molecule has 0 bridgehead atoms. The van der Waals surface area contributed by atoms with Crippen molar-refractivity contribution in [3.05, 3.63) is 51.7 Å². The first-order valence-corrected chi connectivity index (χ1v) is 10.3. The summed E-state index contributed by atoms with van der Waals surface area (Å²) in [5.41, 5.74) is 1.00. The fourth-order valence-corrected chi connectivity index (χ4v) is 5.17. The van der Waals surface area contributed by atoms with E-state index in [1.54, 1.807) is 0 Å². The number of aliphatic hydroxyl groups is 3. The number of hydrogen-bond acceptors (Lipinski definition) is 8. The Bertz CT molecular complexity index is 1130. The minimum Gasteiger partial charge on any atom is -0.510 e. The van der Waals surface area contributed by atoms with E-state index >= 15 is 0 Å². The van der Waals surface area contributed by atoms with Crippen LogP contribution in [-0.2, 0) is 16.0 Å². The maximum absolute atomic E-state index is 14.4. The molecule has 0 radical (unpaired) electrons. The summed E-state index contributed by atoms with van der Waals surface area (Å²) in [6.45, 7) is 2.18. The van der Waals surface area contributed by atoms with E-state index in [-0.39, 0.29) is 29.5 Å². The Balaban J connectivity index is 1.93. The number of amides is 1. The van der Waals surface area contributed by atoms with E-state index in [1.165, 1.54) is 0 Å². The van der Waals surface area contributed by atoms with E-state index in [4.69, 9.17) is 5.73 Å². The number of Topliss-reactive ketones (excluding diaryl/α,β-unsaturated/α-hetero) is 2. The number of nitrogens with one attached hydrogen (secondary N) is 1. The Morgan fingerprint density at radius 1 is 1.28 bits per heavy atom. The van der Waals surface area contributed by atoms with Gasteiger partial charge in [-0.2, -0.15) is 0 Å². The lowest BCUT2D eigenvalue weighted by Crippen LogP contribution is -2.64. The highest BCUT2D eigenvalue weighted by Gasteiger charge is 2.62. The van der Waals surface area contributed by atoms with E-state index < -0.39 is 69.6 Å². The Hall–Kier alpha value is -3.24. The second-order valence-corrected chi connectivity index (χ2v) is 8.41. The standard InChI is InChI=1S/C22H23FN2O7/c1-2-5-25-16-10-7-8-6-9-11(23)3-4-12(26)14(9)17(27)13(8)19(29)22(10,32)20(30)15(18(16)28)21(24)31/h3-4,8,10,16,25-26,28-29,32H,2,5-7H2,1H3,(H2,24,31)/t8-,10-,16-,22-/m0/s1. The van der Waals surface area contributed by atoms with Gasteiger partial charge in [-0.15, -0.1) is 0 Å². The zero-order valence-corrected chi connectivity index (χ0v) is 17.2. The van der Waals surface area contributed by atoms with Crippen molar-refractivity contribution < 1.29 is 39.2 Å². The molecule has 0 spiro atoms. The summed E-state index contributed by atoms with van der Waals surface area (Å²) in [6.07, 6.45) is 0.455. The van der Waals surface area contributed by atoms with Crippen LogP contribution in [0.1, 0.15) is 35.7 Å². The summed E-state index contributed by atoms with van der Waals surface area (Å²) in [5, 5.41) is 46.2. The van der Waals surface area contributed by atoms with Crippen molar-refractivity contribution in [2.24, 2.45) is 17.6 Å². The molecule has 1 aromatic carbocycles. The summed E-state index contributed by atoms with van der Waals surface area (Å²) < 4.78 is 14.4. The van der Waals surface area contributed by atoms with Gasteiger partial charge in [0.15, 0.2) is 11.4 Å². The Kier molecular flexibility index (Phi) is 5.09. The molecule has 9 nitrogen and oxygen atoms in total. The summed E-state index contributed by atoms with van der Waals surface area (Å²) >= 11 is 0. The number of nitrogens with two attached hydrogens (primary N) is 1. The van der Waals surface area contributed by atoms with E-state index in [9.17, 15) is 39.2 Å². The second kappa shape index (κ2) is 7.42. The summed E-state index contributed by atoms with van der Waals surface area (Å²) in [4.78, 5) is 38.2. The zero-order valence-electron chi connectivity index (χ0n) is 17.2. The quantitative estimate of drug-likeness (QED) is 0.367. The number of carbonyl (C=O) groups excluding carboxylic acids is 3. The van der Waals surface area contributed by atoms with Gasteiger partial charge in [0.05, 0.1) is 11.6 Å². The van der Waals surface area contributed by atoms with Gasteiger partial charge in [-0.3, -0.25) is 14.4 Å². The molecule has 0 aliphatic heterocycles. The van der Waals surface area contributed by atoms with Gasteiger partial charge in [0, 0.05) is 17.1 Å². The van der Waals surface area contributed by atoms with Crippen LogP contribution in [0, 0.1) is 17.7 Å². The molecule has 0 saturated carbocycles. The largest absolute Gasteiger partial charge is 0.510 e. The van der Waals surface area contributed by atoms with Gasteiger partial charge in [0.1, 0.15) is 28.7 Å². The third kappa shape index (κ3) is 2.79. The van der Waals surface area contributed by atoms with Gasteiger partial charge in [-0.1, -0.05) is 6.92 Å². The molecule has 4 atom stereocenters. The number of fused-ring (bicyclic) bond motifs is 3. The monoisotopic (exact) mass is 446 g/mol. The summed E-state index contributed by atoms with van der Waals surface area (Å²) in [7, 11) is 0. The molecule has 0 heterocycles. The zero-order chi connectivity index (χ0) is 23.5. The SMILES string of the molecule is CCCN[C@@H]1C(O)=C(C(N)=O)C(=O)[C@@]2(O)C(O)=C3C(=O)c4c(O)ccc(F)c4C[C@H]3C[C@@H]12. The van der Waals surface area contributed by atoms with Crippen LogP contribution in [0.5, 0.6) is 5.75 Å². The number of halogens is 1. The lowest BCUT2D eigenvalue weighted by molar-refractivity contribution is -0.146. The molecule has 3 aliphatic rings. The molecule has 3 aliphatic carbocycles. The number of aromatic hydroxyl groups is 1. The van der Waals surface area contributed by atoms with Crippen molar-refractivity contribution in [3.8, 4) is 5.75 Å². The number of allylic oxidation sites excluding steroid dienone is 1. The van der Waals surface area contributed by atoms with Gasteiger partial charge >= 0.3 is 0 Å². The van der Waals surface area contributed by atoms with Gasteiger partial charge in [-0.05, 0) is 43.9 Å². The van der Waals surface area contributed by atoms with Crippen LogP contribution in [0.25, 0.3) is 0 Å². The van der Waals surface area contributed by atoms with Crippen molar-refractivity contribution in [1.29, 1.82) is 0 Å². The van der Waals surface area contributed by atoms with Crippen molar-refractivity contribution in [2.45, 2.75) is 37.8 Å². The Morgan fingerprint density at radius 2 is 1.97 bits per heavy atom. The number of benzene rings is 1. The molecule has 1 aromatic rings. The number of carbonyl (C=O) groups is 3. The van der Waals surface area contributed by atoms with Crippen LogP contribution in [0.3, 0.4) is 0 Å². The molecule has 4 rings (SSSR count). The lowest BCUT2D eigenvalue weighted by Gasteiger charge is -2.48. The first kappa shape index (κ1) is 22.0. The predicted octanol–water partition coefficient (Wildman–Crippen LogP) is 0.698. The van der Waals surface area contributed by atoms with E-state index in [2.05, 4.69) is 5.32 Å². The molecular formula is C22H23FN2O7. The molecule has 0 unspecified atom stereocenters. The van der Waals surface area contributed by atoms with Crippen LogP contribution in [-0.4, -0.2) is 56.1 Å². The molecule has 32 heavy (non-hydrogen) atoms. The number of phenolic OH excluding ortho intramolecular Hbond substituents is 1. The predicted molar refractivity (Wildman–Crippen MR) is 108 cm³/mol. The smallest absolute Gasteiger partial charge is 0.255 e. The minimum absolute atomic E-state index is 0.0280. The fraction of sp³-hybridized carbons (Fsp3) is 0.409. The van der Waals surface area contributed by atoms with Crippen molar-refractivity contribution in [1.82, 2.24) is 5.32 Å². The molecule has 170 valence electrons. The van der Waals surface area contributed by atoms with Crippen LogP contribution in [0.4, 0.5) is 4.39 Å². The fourth-order valence-electron chi connectivity index (χ4n) is 5.17. The minimum atomic E-state index is -2.70. The van der Waals surface area contributed by atoms with Gasteiger partial charge in [0.25, 0.3) is 5.91 Å². The molecular weight excluding hydrogens is 423 g/mol. The van der Waals surface area contributed by atoms with Crippen LogP contribution >= 0.6 is 0 Å². The van der Waals surface area contributed by atoms with Crippen molar-refractivity contribution >= 4 is 17.5 Å². The Labute approximate surface area is 182 Å². The van der Waals surface area contributed by atoms with Gasteiger partial charge < -0.3 is 31.5 Å². The van der Waals surface area contributed by atoms with E-state index in [1.807, 2.05) is 6.92 Å². The topological polar surface area (TPSA) is 170 Å². The maximum atomic E-state index is 14.4. The van der Waals surface area contributed by atoms with Crippen LogP contribution < -0.4 is 11.1 Å². The number of ketones is 2. The number of rotatable bonds is 4. The maximum Gasteiger partial charge on any atom is 0.255 e. The molecule has 0 saturated heterocycles. The molecule has 0 fully saturated rings. The van der Waals surface area contributed by atoms with Crippen molar-refractivity contribution in [2.75, 3.05) is 6.54 Å². The molecule has 0 aromatic heterocycles. The molecule has 10 heteroatoms. The average Bonchev–Trinajstić information content (AvgIpc) is 2.73. The lowest BCUT2D eigenvalue weighted by atomic mass is 9.59. The third-order valence-corrected chi connectivity index (χ3v) is 6.64. The number of primary amides is 1.